The summed E-state index contributed by atoms with van der Waals surface area (Å²) < 4.78 is 4.78. The third-order valence-corrected chi connectivity index (χ3v) is 3.35. The third kappa shape index (κ3) is 7.06. The lowest BCUT2D eigenvalue weighted by Crippen LogP contribution is -2.25. The molecule has 0 saturated carbocycles. The normalized spacial score (nSPS) is 11.1. The fraction of sp³-hybridized carbons (Fsp3) is 0.294. The monoisotopic (exact) mass is 363 g/mol. The molecule has 8 heteroatoms. The lowest BCUT2D eigenvalue weighted by Gasteiger charge is -2.06. The number of esters is 1. The predicted molar refractivity (Wildman–Crippen MR) is 91.5 cm³/mol. The number of amides is 1. The lowest BCUT2D eigenvalue weighted by atomic mass is 10.1. The molecule has 132 valence electrons. The topological polar surface area (TPSA) is 122 Å². The standard InChI is InChI=1S/C17H18ClN3O4/c1-11(20)14(9-19)15(22)10-25-16(23)3-2-8-21-17(24)12-4-6-13(18)7-5-12/h4-7H,2-3,8,10,20H2,1H3,(H,21,24). The molecule has 0 fully saturated rings. The molecule has 1 rings (SSSR count). The number of nitrogens with one attached hydrogen (secondary N) is 1. The average molecular weight is 364 g/mol. The molecule has 3 N–H and O–H groups in total. The van der Waals surface area contributed by atoms with Crippen molar-refractivity contribution in [3.8, 4) is 6.07 Å². The maximum absolute atomic E-state index is 11.8. The van der Waals surface area contributed by atoms with Crippen molar-refractivity contribution in [2.24, 2.45) is 5.73 Å². The van der Waals surface area contributed by atoms with E-state index in [4.69, 9.17) is 27.3 Å². The molecule has 0 aromatic heterocycles. The zero-order chi connectivity index (χ0) is 18.8. The fourth-order valence-electron chi connectivity index (χ4n) is 1.80. The van der Waals surface area contributed by atoms with Gasteiger partial charge in [-0.1, -0.05) is 11.6 Å². The van der Waals surface area contributed by atoms with Gasteiger partial charge in [-0.2, -0.15) is 5.26 Å². The summed E-state index contributed by atoms with van der Waals surface area (Å²) in [6.07, 6.45) is 0.380. The Bertz CT molecular complexity index is 716. The van der Waals surface area contributed by atoms with Crippen molar-refractivity contribution in [2.75, 3.05) is 13.2 Å². The minimum absolute atomic E-state index is 0.0292. The van der Waals surface area contributed by atoms with Crippen LogP contribution in [0.5, 0.6) is 0 Å². The highest BCUT2D eigenvalue weighted by molar-refractivity contribution is 6.30. The van der Waals surface area contributed by atoms with Gasteiger partial charge in [-0.15, -0.1) is 0 Å². The summed E-state index contributed by atoms with van der Waals surface area (Å²) >= 11 is 5.74. The van der Waals surface area contributed by atoms with E-state index in [1.54, 1.807) is 30.3 Å². The number of ether oxygens (including phenoxy) is 1. The second-order valence-electron chi connectivity index (χ2n) is 5.12. The number of halogens is 1. The summed E-state index contributed by atoms with van der Waals surface area (Å²) in [7, 11) is 0. The number of nitrogens with zero attached hydrogens (tertiary/aromatic N) is 1. The number of Topliss-reactive ketones (excluding diaryl/α,β-unsaturated/α-hetero) is 1. The Labute approximate surface area is 150 Å². The first kappa shape index (κ1) is 20.2. The van der Waals surface area contributed by atoms with Crippen LogP contribution in [0, 0.1) is 11.3 Å². The Morgan fingerprint density at radius 3 is 2.48 bits per heavy atom. The molecule has 0 aliphatic heterocycles. The minimum atomic E-state index is -0.646. The second-order valence-corrected chi connectivity index (χ2v) is 5.56. The van der Waals surface area contributed by atoms with E-state index in [0.717, 1.165) is 0 Å². The van der Waals surface area contributed by atoms with Gasteiger partial charge in [-0.3, -0.25) is 14.4 Å². The van der Waals surface area contributed by atoms with E-state index in [1.165, 1.54) is 6.92 Å². The van der Waals surface area contributed by atoms with E-state index < -0.39 is 18.4 Å². The fourth-order valence-corrected chi connectivity index (χ4v) is 1.92. The number of benzene rings is 1. The zero-order valence-corrected chi connectivity index (χ0v) is 14.4. The lowest BCUT2D eigenvalue weighted by molar-refractivity contribution is -0.147. The smallest absolute Gasteiger partial charge is 0.306 e. The number of nitrogens with two attached hydrogens (primary N) is 1. The number of hydrogen-bond acceptors (Lipinski definition) is 6. The van der Waals surface area contributed by atoms with Crippen LogP contribution in [0.2, 0.25) is 5.02 Å². The molecular formula is C17H18ClN3O4. The quantitative estimate of drug-likeness (QED) is 0.314. The van der Waals surface area contributed by atoms with E-state index in [1.807, 2.05) is 0 Å². The first-order valence-electron chi connectivity index (χ1n) is 7.44. The van der Waals surface area contributed by atoms with E-state index in [2.05, 4.69) is 5.32 Å². The summed E-state index contributed by atoms with van der Waals surface area (Å²) in [6, 6.07) is 8.07. The van der Waals surface area contributed by atoms with Crippen molar-refractivity contribution < 1.29 is 19.1 Å². The maximum Gasteiger partial charge on any atom is 0.306 e. The highest BCUT2D eigenvalue weighted by Crippen LogP contribution is 2.09. The van der Waals surface area contributed by atoms with Gasteiger partial charge in [0.25, 0.3) is 5.91 Å². The van der Waals surface area contributed by atoms with Gasteiger partial charge in [-0.05, 0) is 37.6 Å². The highest BCUT2D eigenvalue weighted by Gasteiger charge is 2.14. The number of ketones is 1. The van der Waals surface area contributed by atoms with Gasteiger partial charge in [-0.25, -0.2) is 0 Å². The molecule has 7 nitrogen and oxygen atoms in total. The van der Waals surface area contributed by atoms with E-state index >= 15 is 0 Å². The SMILES string of the molecule is CC(N)=C(C#N)C(=O)COC(=O)CCCNC(=O)c1ccc(Cl)cc1. The first-order chi connectivity index (χ1) is 11.8. The van der Waals surface area contributed by atoms with E-state index in [9.17, 15) is 14.4 Å². The Hall–Kier alpha value is -2.85. The van der Waals surface area contributed by atoms with Gasteiger partial charge in [0.05, 0.1) is 0 Å². The number of nitriles is 1. The number of allylic oxidation sites excluding steroid dienone is 1. The van der Waals surface area contributed by atoms with Crippen LogP contribution in [0.25, 0.3) is 0 Å². The van der Waals surface area contributed by atoms with Crippen LogP contribution in [-0.4, -0.2) is 30.8 Å². The summed E-state index contributed by atoms with van der Waals surface area (Å²) in [6.45, 7) is 1.16. The summed E-state index contributed by atoms with van der Waals surface area (Å²) in [5.74, 6) is -1.52. The van der Waals surface area contributed by atoms with Crippen molar-refractivity contribution in [2.45, 2.75) is 19.8 Å². The average Bonchev–Trinajstić information content (AvgIpc) is 2.57. The molecule has 1 aromatic carbocycles. The Morgan fingerprint density at radius 2 is 1.92 bits per heavy atom. The van der Waals surface area contributed by atoms with Crippen LogP contribution in [0.1, 0.15) is 30.1 Å². The molecule has 0 atom stereocenters. The molecular weight excluding hydrogens is 346 g/mol. The van der Waals surface area contributed by atoms with Crippen molar-refractivity contribution in [3.63, 3.8) is 0 Å². The molecule has 0 radical (unpaired) electrons. The maximum atomic E-state index is 11.8. The molecule has 0 bridgehead atoms. The molecule has 1 amide bonds. The van der Waals surface area contributed by atoms with Gasteiger partial charge < -0.3 is 15.8 Å². The van der Waals surface area contributed by atoms with Crippen molar-refractivity contribution in [1.29, 1.82) is 5.26 Å². The van der Waals surface area contributed by atoms with Crippen LogP contribution in [0.15, 0.2) is 35.5 Å². The molecule has 0 unspecified atom stereocenters. The van der Waals surface area contributed by atoms with Gasteiger partial charge >= 0.3 is 5.97 Å². The van der Waals surface area contributed by atoms with Gasteiger partial charge in [0.15, 0.2) is 6.61 Å². The number of rotatable bonds is 8. The minimum Gasteiger partial charge on any atom is -0.457 e. The number of carbonyl (C=O) groups is 3. The highest BCUT2D eigenvalue weighted by atomic mass is 35.5. The summed E-state index contributed by atoms with van der Waals surface area (Å²) in [5, 5.41) is 12.0. The number of carbonyl (C=O) groups excluding carboxylic acids is 3. The first-order valence-corrected chi connectivity index (χ1v) is 7.82. The Morgan fingerprint density at radius 1 is 1.28 bits per heavy atom. The van der Waals surface area contributed by atoms with Crippen molar-refractivity contribution in [3.05, 3.63) is 46.1 Å². The van der Waals surface area contributed by atoms with Crippen LogP contribution in [0.3, 0.4) is 0 Å². The van der Waals surface area contributed by atoms with Gasteiger partial charge in [0.1, 0.15) is 11.6 Å². The van der Waals surface area contributed by atoms with Crippen LogP contribution in [-0.2, 0) is 14.3 Å². The third-order valence-electron chi connectivity index (χ3n) is 3.10. The molecule has 0 heterocycles. The molecule has 0 spiro atoms. The Kier molecular flexibility index (Phi) is 8.16. The second kappa shape index (κ2) is 10.1. The van der Waals surface area contributed by atoms with Gasteiger partial charge in [0.2, 0.25) is 5.78 Å². The van der Waals surface area contributed by atoms with E-state index in [-0.39, 0.29) is 30.1 Å². The van der Waals surface area contributed by atoms with Crippen LogP contribution < -0.4 is 11.1 Å². The molecule has 0 saturated heterocycles. The number of hydrogen-bond donors (Lipinski definition) is 2. The molecule has 25 heavy (non-hydrogen) atoms. The molecule has 0 aliphatic carbocycles. The summed E-state index contributed by atoms with van der Waals surface area (Å²) in [5.41, 5.74) is 5.71. The molecule has 1 aromatic rings. The van der Waals surface area contributed by atoms with E-state index in [0.29, 0.717) is 17.0 Å². The molecule has 0 aliphatic rings. The van der Waals surface area contributed by atoms with Crippen LogP contribution in [0.4, 0.5) is 0 Å². The van der Waals surface area contributed by atoms with Crippen LogP contribution >= 0.6 is 11.6 Å². The Balaban J connectivity index is 2.28. The zero-order valence-electron chi connectivity index (χ0n) is 13.7. The van der Waals surface area contributed by atoms with Gasteiger partial charge in [0, 0.05) is 29.2 Å². The summed E-state index contributed by atoms with van der Waals surface area (Å²) in [4.78, 5) is 35.0. The van der Waals surface area contributed by atoms with Crippen molar-refractivity contribution in [1.82, 2.24) is 5.32 Å². The predicted octanol–water partition coefficient (Wildman–Crippen LogP) is 1.72. The largest absolute Gasteiger partial charge is 0.457 e. The van der Waals surface area contributed by atoms with Crippen molar-refractivity contribution >= 4 is 29.3 Å².